The highest BCUT2D eigenvalue weighted by molar-refractivity contribution is 9.10. The molecule has 0 bridgehead atoms. The van der Waals surface area contributed by atoms with Crippen molar-refractivity contribution in [3.05, 3.63) is 17.0 Å². The average Bonchev–Trinajstić information content (AvgIpc) is 2.41. The Morgan fingerprint density at radius 2 is 2.19 bits per heavy atom. The van der Waals surface area contributed by atoms with Crippen LogP contribution in [0.3, 0.4) is 0 Å². The molecule has 0 radical (unpaired) electrons. The summed E-state index contributed by atoms with van der Waals surface area (Å²) < 4.78 is 18.4. The molecule has 0 spiro atoms. The maximum Gasteiger partial charge on any atom is 0.354 e. The van der Waals surface area contributed by atoms with Crippen LogP contribution < -0.4 is 10.4 Å². The zero-order chi connectivity index (χ0) is 15.9. The van der Waals surface area contributed by atoms with Crippen molar-refractivity contribution in [2.45, 2.75) is 32.4 Å². The van der Waals surface area contributed by atoms with Crippen molar-refractivity contribution >= 4 is 45.9 Å². The second kappa shape index (κ2) is 8.73. The van der Waals surface area contributed by atoms with Gasteiger partial charge in [0.25, 0.3) is 0 Å². The third-order valence-electron chi connectivity index (χ3n) is 2.29. The third-order valence-corrected chi connectivity index (χ3v) is 7.25. The van der Waals surface area contributed by atoms with Gasteiger partial charge in [0.2, 0.25) is 0 Å². The molecule has 0 aliphatic heterocycles. The van der Waals surface area contributed by atoms with Crippen LogP contribution in [0.2, 0.25) is 0 Å². The second-order valence-electron chi connectivity index (χ2n) is 4.03. The summed E-state index contributed by atoms with van der Waals surface area (Å²) in [4.78, 5) is 19.8. The second-order valence-corrected chi connectivity index (χ2v) is 9.41. The van der Waals surface area contributed by atoms with Crippen molar-refractivity contribution in [1.29, 1.82) is 0 Å². The van der Waals surface area contributed by atoms with Gasteiger partial charge in [-0.05, 0) is 40.7 Å². The number of urea groups is 1. The van der Waals surface area contributed by atoms with Crippen LogP contribution in [0.5, 0.6) is 0 Å². The lowest BCUT2D eigenvalue weighted by Crippen LogP contribution is -2.27. The van der Waals surface area contributed by atoms with Gasteiger partial charge in [0.05, 0.1) is 19.0 Å². The Morgan fingerprint density at radius 3 is 2.71 bits per heavy atom. The number of anilines is 1. The normalized spacial score (nSPS) is 15.0. The van der Waals surface area contributed by atoms with E-state index < -0.39 is 12.8 Å². The number of carbonyl (C=O) groups is 1. The molecule has 0 aromatic carbocycles. The molecular weight excluding hydrogens is 379 g/mol. The van der Waals surface area contributed by atoms with E-state index in [9.17, 15) is 9.36 Å². The summed E-state index contributed by atoms with van der Waals surface area (Å²) in [5.41, 5.74) is 0. The van der Waals surface area contributed by atoms with Gasteiger partial charge in [-0.25, -0.2) is 14.8 Å². The molecular formula is C11H18BrN4O3PS. The van der Waals surface area contributed by atoms with E-state index in [1.54, 1.807) is 6.92 Å². The smallest absolute Gasteiger partial charge is 0.306 e. The van der Waals surface area contributed by atoms with E-state index in [0.29, 0.717) is 4.60 Å². The maximum atomic E-state index is 12.6. The Morgan fingerprint density at radius 1 is 1.48 bits per heavy atom. The maximum absolute atomic E-state index is 12.6. The number of amides is 2. The molecule has 2 atom stereocenters. The monoisotopic (exact) mass is 396 g/mol. The first kappa shape index (κ1) is 18.4. The molecule has 0 fully saturated rings. The topological polar surface area (TPSA) is 93.2 Å². The van der Waals surface area contributed by atoms with Gasteiger partial charge >= 0.3 is 12.8 Å². The fourth-order valence-electron chi connectivity index (χ4n) is 1.22. The summed E-state index contributed by atoms with van der Waals surface area (Å²) in [6, 6.07) is -0.640. The minimum Gasteiger partial charge on any atom is -0.306 e. The highest BCUT2D eigenvalue weighted by atomic mass is 79.9. The minimum absolute atomic E-state index is 0.107. The van der Waals surface area contributed by atoms with Crippen LogP contribution in [0.4, 0.5) is 10.6 Å². The van der Waals surface area contributed by atoms with Gasteiger partial charge in [-0.1, -0.05) is 13.8 Å². The van der Waals surface area contributed by atoms with Crippen LogP contribution >= 0.6 is 34.0 Å². The number of hydrogen-bond acceptors (Lipinski definition) is 6. The molecule has 10 heteroatoms. The van der Waals surface area contributed by atoms with Crippen molar-refractivity contribution in [2.24, 2.45) is 0 Å². The average molecular weight is 397 g/mol. The van der Waals surface area contributed by atoms with Crippen molar-refractivity contribution in [2.75, 3.05) is 11.9 Å². The highest BCUT2D eigenvalue weighted by Crippen LogP contribution is 2.58. The molecule has 0 aliphatic carbocycles. The summed E-state index contributed by atoms with van der Waals surface area (Å²) in [5, 5.41) is 4.96. The molecule has 1 aromatic rings. The van der Waals surface area contributed by atoms with Crippen LogP contribution in [0, 0.1) is 0 Å². The van der Waals surface area contributed by atoms with Crippen LogP contribution in [-0.4, -0.2) is 27.9 Å². The van der Waals surface area contributed by atoms with Crippen molar-refractivity contribution in [3.8, 4) is 0 Å². The number of nitrogens with one attached hydrogen (secondary N) is 2. The molecule has 1 rings (SSSR count). The lowest BCUT2D eigenvalue weighted by atomic mass is 10.4. The van der Waals surface area contributed by atoms with Gasteiger partial charge in [-0.15, -0.1) is 0 Å². The molecule has 7 nitrogen and oxygen atoms in total. The van der Waals surface area contributed by atoms with Crippen molar-refractivity contribution < 1.29 is 13.9 Å². The predicted octanol–water partition coefficient (Wildman–Crippen LogP) is 4.04. The predicted molar refractivity (Wildman–Crippen MR) is 88.5 cm³/mol. The van der Waals surface area contributed by atoms with Gasteiger partial charge in [0.1, 0.15) is 4.60 Å². The molecule has 1 aromatic heterocycles. The number of aromatic nitrogens is 2. The van der Waals surface area contributed by atoms with E-state index in [4.69, 9.17) is 4.52 Å². The number of carbonyl (C=O) groups excluding carboxylic acids is 1. The summed E-state index contributed by atoms with van der Waals surface area (Å²) in [6.45, 7) is 2.58. The molecule has 2 N–H and O–H groups in total. The van der Waals surface area contributed by atoms with E-state index in [1.807, 2.05) is 13.8 Å². The van der Waals surface area contributed by atoms with Gasteiger partial charge in [-0.2, -0.15) is 0 Å². The van der Waals surface area contributed by atoms with E-state index in [2.05, 4.69) is 36.3 Å². The van der Waals surface area contributed by atoms with Gasteiger partial charge in [-0.3, -0.25) is 15.0 Å². The number of hydrogen-bond donors (Lipinski definition) is 2. The number of rotatable bonds is 7. The number of nitrogens with zero attached hydrogens (tertiary/aromatic N) is 2. The Hall–Kier alpha value is -0.630. The van der Waals surface area contributed by atoms with Crippen LogP contribution in [0.25, 0.3) is 0 Å². The Balaban J connectivity index is 2.67. The lowest BCUT2D eigenvalue weighted by molar-refractivity contribution is 0.254. The van der Waals surface area contributed by atoms with Crippen molar-refractivity contribution in [3.63, 3.8) is 0 Å². The quantitative estimate of drug-likeness (QED) is 0.675. The fraction of sp³-hybridized carbons (Fsp3) is 0.545. The van der Waals surface area contributed by atoms with Gasteiger partial charge < -0.3 is 4.52 Å². The molecule has 118 valence electrons. The summed E-state index contributed by atoms with van der Waals surface area (Å²) in [5.74, 6) is 0.257. The lowest BCUT2D eigenvalue weighted by Gasteiger charge is -2.20. The SMILES string of the molecule is CCOP(=O)(NC(=O)Nc1cnc(Br)cn1)SC(C)CC. The van der Waals surface area contributed by atoms with Crippen LogP contribution in [-0.2, 0) is 9.09 Å². The summed E-state index contributed by atoms with van der Waals surface area (Å²) in [6.07, 6.45) is 3.66. The largest absolute Gasteiger partial charge is 0.354 e. The first-order valence-corrected chi connectivity index (χ1v) is 10.3. The van der Waals surface area contributed by atoms with Gasteiger partial charge in [0.15, 0.2) is 5.82 Å². The molecule has 2 unspecified atom stereocenters. The molecule has 0 saturated carbocycles. The molecule has 0 aliphatic rings. The van der Waals surface area contributed by atoms with E-state index >= 15 is 0 Å². The Kier molecular flexibility index (Phi) is 7.65. The minimum atomic E-state index is -3.30. The molecule has 2 amide bonds. The van der Waals surface area contributed by atoms with Crippen LogP contribution in [0.1, 0.15) is 27.2 Å². The molecule has 0 saturated heterocycles. The first-order chi connectivity index (χ1) is 9.88. The Labute approximate surface area is 136 Å². The first-order valence-electron chi connectivity index (χ1n) is 6.38. The zero-order valence-electron chi connectivity index (χ0n) is 12.0. The molecule has 1 heterocycles. The summed E-state index contributed by atoms with van der Waals surface area (Å²) in [7, 11) is 0. The van der Waals surface area contributed by atoms with Gasteiger partial charge in [0, 0.05) is 5.25 Å². The third kappa shape index (κ3) is 6.78. The molecule has 21 heavy (non-hydrogen) atoms. The fourth-order valence-corrected chi connectivity index (χ4v) is 5.64. The van der Waals surface area contributed by atoms with E-state index in [1.165, 1.54) is 12.4 Å². The highest BCUT2D eigenvalue weighted by Gasteiger charge is 2.28. The Bertz CT molecular complexity index is 517. The summed E-state index contributed by atoms with van der Waals surface area (Å²) >= 11 is 4.28. The van der Waals surface area contributed by atoms with E-state index in [-0.39, 0.29) is 17.7 Å². The zero-order valence-corrected chi connectivity index (χ0v) is 15.3. The van der Waals surface area contributed by atoms with E-state index in [0.717, 1.165) is 17.8 Å². The standard InChI is InChI=1S/C11H18BrN4O3PS/c1-4-8(3)21-20(18,19-5-2)16-11(17)15-10-7-13-9(12)6-14-10/h6-8H,4-5H2,1-3H3,(H2,14,15,16,17,18). The number of halogens is 1. The van der Waals surface area contributed by atoms with Crippen LogP contribution in [0.15, 0.2) is 17.0 Å². The van der Waals surface area contributed by atoms with Crippen molar-refractivity contribution in [1.82, 2.24) is 15.1 Å².